The van der Waals surface area contributed by atoms with Gasteiger partial charge in [-0.1, -0.05) is 24.9 Å². The van der Waals surface area contributed by atoms with Crippen LogP contribution in [0.3, 0.4) is 0 Å². The van der Waals surface area contributed by atoms with Crippen LogP contribution in [0.5, 0.6) is 5.88 Å². The monoisotopic (exact) mass is 297 g/mol. The molecule has 5 heteroatoms. The Labute approximate surface area is 126 Å². The number of piperidine rings is 1. The van der Waals surface area contributed by atoms with Gasteiger partial charge in [0.15, 0.2) is 0 Å². The van der Waals surface area contributed by atoms with Crippen LogP contribution in [-0.2, 0) is 6.42 Å². The Morgan fingerprint density at radius 2 is 2.15 bits per heavy atom. The molecular formula is C15H24ClN3O. The Balaban J connectivity index is 2.04. The molecule has 1 fully saturated rings. The van der Waals surface area contributed by atoms with Gasteiger partial charge in [0.1, 0.15) is 17.6 Å². The minimum atomic E-state index is 0.478. The molecule has 1 unspecified atom stereocenters. The first kappa shape index (κ1) is 15.5. The average molecular weight is 298 g/mol. The fourth-order valence-corrected chi connectivity index (χ4v) is 2.70. The number of halogens is 1. The van der Waals surface area contributed by atoms with Crippen LogP contribution in [-0.4, -0.2) is 41.1 Å². The minimum Gasteiger partial charge on any atom is -0.476 e. The van der Waals surface area contributed by atoms with Crippen molar-refractivity contribution in [3.63, 3.8) is 0 Å². The van der Waals surface area contributed by atoms with Crippen molar-refractivity contribution < 1.29 is 4.74 Å². The maximum absolute atomic E-state index is 6.16. The van der Waals surface area contributed by atoms with Crippen molar-refractivity contribution in [2.45, 2.75) is 52.0 Å². The Morgan fingerprint density at radius 3 is 2.85 bits per heavy atom. The van der Waals surface area contributed by atoms with Crippen LogP contribution in [0.25, 0.3) is 0 Å². The summed E-state index contributed by atoms with van der Waals surface area (Å²) < 4.78 is 5.94. The van der Waals surface area contributed by atoms with E-state index in [9.17, 15) is 0 Å². The van der Waals surface area contributed by atoms with Crippen LogP contribution in [0, 0.1) is 6.92 Å². The van der Waals surface area contributed by atoms with E-state index in [-0.39, 0.29) is 0 Å². The summed E-state index contributed by atoms with van der Waals surface area (Å²) in [7, 11) is 2.16. The van der Waals surface area contributed by atoms with Crippen molar-refractivity contribution in [1.29, 1.82) is 0 Å². The van der Waals surface area contributed by atoms with Crippen LogP contribution in [0.15, 0.2) is 0 Å². The Bertz CT molecular complexity index is 453. The lowest BCUT2D eigenvalue weighted by Crippen LogP contribution is -2.40. The summed E-state index contributed by atoms with van der Waals surface area (Å²) in [4.78, 5) is 11.2. The molecule has 1 saturated heterocycles. The third kappa shape index (κ3) is 3.83. The molecule has 0 aromatic carbocycles. The highest BCUT2D eigenvalue weighted by molar-refractivity contribution is 6.30. The summed E-state index contributed by atoms with van der Waals surface area (Å²) in [6.07, 6.45) is 5.59. The third-order valence-electron chi connectivity index (χ3n) is 3.90. The van der Waals surface area contributed by atoms with Crippen LogP contribution in [0.1, 0.15) is 44.0 Å². The molecule has 1 atom stereocenters. The highest BCUT2D eigenvalue weighted by atomic mass is 35.5. The van der Waals surface area contributed by atoms with Gasteiger partial charge in [-0.25, -0.2) is 4.98 Å². The average Bonchev–Trinajstić information content (AvgIpc) is 2.43. The van der Waals surface area contributed by atoms with E-state index in [1.165, 1.54) is 19.3 Å². The van der Waals surface area contributed by atoms with E-state index < -0.39 is 0 Å². The standard InChI is InChI=1S/C15H24ClN3O/c1-4-7-13-17-14(16)11(2)15(18-13)20-10-12-8-5-6-9-19(12)3/h12H,4-10H2,1-3H3. The lowest BCUT2D eigenvalue weighted by atomic mass is 10.0. The number of aryl methyl sites for hydroxylation is 1. The first-order chi connectivity index (χ1) is 9.61. The number of likely N-dealkylation sites (N-methyl/N-ethyl adjacent to an activating group) is 1. The van der Waals surface area contributed by atoms with Crippen molar-refractivity contribution in [3.8, 4) is 5.88 Å². The lowest BCUT2D eigenvalue weighted by molar-refractivity contribution is 0.122. The van der Waals surface area contributed by atoms with Gasteiger partial charge in [0.2, 0.25) is 5.88 Å². The zero-order valence-electron chi connectivity index (χ0n) is 12.7. The second kappa shape index (κ2) is 7.23. The maximum atomic E-state index is 6.16. The van der Waals surface area contributed by atoms with Gasteiger partial charge in [-0.3, -0.25) is 0 Å². The van der Waals surface area contributed by atoms with Gasteiger partial charge in [-0.15, -0.1) is 0 Å². The molecule has 0 saturated carbocycles. The van der Waals surface area contributed by atoms with E-state index in [4.69, 9.17) is 16.3 Å². The molecule has 2 heterocycles. The molecule has 0 radical (unpaired) electrons. The van der Waals surface area contributed by atoms with Crippen molar-refractivity contribution >= 4 is 11.6 Å². The zero-order valence-corrected chi connectivity index (χ0v) is 13.4. The molecule has 1 aliphatic heterocycles. The molecule has 1 aromatic rings. The van der Waals surface area contributed by atoms with Gasteiger partial charge in [0.05, 0.1) is 0 Å². The summed E-state index contributed by atoms with van der Waals surface area (Å²) in [5.74, 6) is 1.42. The largest absolute Gasteiger partial charge is 0.476 e. The summed E-state index contributed by atoms with van der Waals surface area (Å²) in [5.41, 5.74) is 0.838. The van der Waals surface area contributed by atoms with E-state index in [2.05, 4.69) is 28.8 Å². The molecule has 1 aliphatic rings. The Morgan fingerprint density at radius 1 is 1.35 bits per heavy atom. The normalized spacial score (nSPS) is 20.1. The molecule has 0 N–H and O–H groups in total. The number of hydrogen-bond acceptors (Lipinski definition) is 4. The smallest absolute Gasteiger partial charge is 0.221 e. The van der Waals surface area contributed by atoms with Gasteiger partial charge in [0.25, 0.3) is 0 Å². The summed E-state index contributed by atoms with van der Waals surface area (Å²) in [6.45, 7) is 5.85. The molecular weight excluding hydrogens is 274 g/mol. The van der Waals surface area contributed by atoms with Crippen LogP contribution < -0.4 is 4.74 Å². The molecule has 0 spiro atoms. The van der Waals surface area contributed by atoms with Crippen LogP contribution in [0.4, 0.5) is 0 Å². The lowest BCUT2D eigenvalue weighted by Gasteiger charge is -2.32. The van der Waals surface area contributed by atoms with Crippen molar-refractivity contribution in [3.05, 3.63) is 16.5 Å². The fraction of sp³-hybridized carbons (Fsp3) is 0.733. The second-order valence-electron chi connectivity index (χ2n) is 5.55. The maximum Gasteiger partial charge on any atom is 0.221 e. The van der Waals surface area contributed by atoms with E-state index in [1.807, 2.05) is 6.92 Å². The van der Waals surface area contributed by atoms with Gasteiger partial charge in [0, 0.05) is 18.0 Å². The quantitative estimate of drug-likeness (QED) is 0.782. The highest BCUT2D eigenvalue weighted by Crippen LogP contribution is 2.23. The third-order valence-corrected chi connectivity index (χ3v) is 4.26. The summed E-state index contributed by atoms with van der Waals surface area (Å²) in [6, 6.07) is 0.478. The highest BCUT2D eigenvalue weighted by Gasteiger charge is 2.20. The molecule has 4 nitrogen and oxygen atoms in total. The van der Waals surface area contributed by atoms with E-state index in [0.717, 1.165) is 30.8 Å². The number of nitrogens with zero attached hydrogens (tertiary/aromatic N) is 3. The van der Waals surface area contributed by atoms with Crippen molar-refractivity contribution in [2.75, 3.05) is 20.2 Å². The number of aromatic nitrogens is 2. The van der Waals surface area contributed by atoms with Crippen molar-refractivity contribution in [1.82, 2.24) is 14.9 Å². The first-order valence-corrected chi connectivity index (χ1v) is 7.85. The topological polar surface area (TPSA) is 38.2 Å². The minimum absolute atomic E-state index is 0.478. The van der Waals surface area contributed by atoms with E-state index in [1.54, 1.807) is 0 Å². The molecule has 0 bridgehead atoms. The fourth-order valence-electron chi connectivity index (χ4n) is 2.52. The molecule has 20 heavy (non-hydrogen) atoms. The number of ether oxygens (including phenoxy) is 1. The predicted molar refractivity (Wildman–Crippen MR) is 81.5 cm³/mol. The Kier molecular flexibility index (Phi) is 5.61. The second-order valence-corrected chi connectivity index (χ2v) is 5.91. The number of likely N-dealkylation sites (tertiary alicyclic amines) is 1. The predicted octanol–water partition coefficient (Wildman–Crippen LogP) is 3.25. The van der Waals surface area contributed by atoms with E-state index >= 15 is 0 Å². The summed E-state index contributed by atoms with van der Waals surface area (Å²) in [5, 5.41) is 0.510. The Hall–Kier alpha value is -0.870. The SMILES string of the molecule is CCCc1nc(Cl)c(C)c(OCC2CCCCN2C)n1. The molecule has 2 rings (SSSR count). The van der Waals surface area contributed by atoms with Crippen molar-refractivity contribution in [2.24, 2.45) is 0 Å². The number of hydrogen-bond donors (Lipinski definition) is 0. The van der Waals surface area contributed by atoms with E-state index in [0.29, 0.717) is 23.7 Å². The molecule has 0 aliphatic carbocycles. The summed E-state index contributed by atoms with van der Waals surface area (Å²) >= 11 is 6.16. The first-order valence-electron chi connectivity index (χ1n) is 7.48. The van der Waals surface area contributed by atoms with Gasteiger partial charge in [-0.05, 0) is 39.8 Å². The zero-order chi connectivity index (χ0) is 14.5. The molecule has 112 valence electrons. The molecule has 1 aromatic heterocycles. The van der Waals surface area contributed by atoms with Crippen LogP contribution in [0.2, 0.25) is 5.15 Å². The van der Waals surface area contributed by atoms with Gasteiger partial charge >= 0.3 is 0 Å². The number of rotatable bonds is 5. The van der Waals surface area contributed by atoms with Crippen LogP contribution >= 0.6 is 11.6 Å². The van der Waals surface area contributed by atoms with Gasteiger partial charge < -0.3 is 9.64 Å². The van der Waals surface area contributed by atoms with Gasteiger partial charge in [-0.2, -0.15) is 4.98 Å². The molecule has 0 amide bonds.